The van der Waals surface area contributed by atoms with Crippen LogP contribution in [0.15, 0.2) is 42.6 Å². The predicted molar refractivity (Wildman–Crippen MR) is 72.9 cm³/mol. The molecule has 2 N–H and O–H groups in total. The highest BCUT2D eigenvalue weighted by Crippen LogP contribution is 2.26. The largest absolute Gasteiger partial charge is 0.481 e. The number of pyridine rings is 1. The third-order valence-electron chi connectivity index (χ3n) is 2.79. The Kier molecular flexibility index (Phi) is 4.18. The molecule has 0 aliphatic carbocycles. The van der Waals surface area contributed by atoms with Gasteiger partial charge in [0.05, 0.1) is 7.11 Å². The SMILES string of the molecule is COc1ncccc1C(N)Cc1ccccc1Cl. The van der Waals surface area contributed by atoms with E-state index in [1.807, 2.05) is 36.4 Å². The van der Waals surface area contributed by atoms with E-state index in [1.165, 1.54) is 0 Å². The Balaban J connectivity index is 2.22. The summed E-state index contributed by atoms with van der Waals surface area (Å²) in [6.45, 7) is 0. The van der Waals surface area contributed by atoms with Gasteiger partial charge in [0, 0.05) is 22.8 Å². The molecule has 0 saturated carbocycles. The van der Waals surface area contributed by atoms with Crippen LogP contribution in [0.5, 0.6) is 5.88 Å². The molecule has 18 heavy (non-hydrogen) atoms. The average molecular weight is 263 g/mol. The molecule has 0 radical (unpaired) electrons. The number of methoxy groups -OCH3 is 1. The summed E-state index contributed by atoms with van der Waals surface area (Å²) in [7, 11) is 1.59. The number of ether oxygens (including phenoxy) is 1. The van der Waals surface area contributed by atoms with Gasteiger partial charge in [-0.15, -0.1) is 0 Å². The molecular weight excluding hydrogens is 248 g/mol. The molecule has 1 aromatic heterocycles. The Morgan fingerprint density at radius 1 is 1.28 bits per heavy atom. The van der Waals surface area contributed by atoms with Gasteiger partial charge < -0.3 is 10.5 Å². The second-order valence-corrected chi connectivity index (χ2v) is 4.41. The Morgan fingerprint density at radius 3 is 2.78 bits per heavy atom. The van der Waals surface area contributed by atoms with Gasteiger partial charge in [0.25, 0.3) is 0 Å². The van der Waals surface area contributed by atoms with Crippen molar-refractivity contribution in [2.45, 2.75) is 12.5 Å². The topological polar surface area (TPSA) is 48.1 Å². The van der Waals surface area contributed by atoms with Gasteiger partial charge in [-0.1, -0.05) is 35.9 Å². The quantitative estimate of drug-likeness (QED) is 0.922. The van der Waals surface area contributed by atoms with Crippen LogP contribution < -0.4 is 10.5 Å². The van der Waals surface area contributed by atoms with Crippen molar-refractivity contribution in [2.24, 2.45) is 5.73 Å². The summed E-state index contributed by atoms with van der Waals surface area (Å²) in [5.74, 6) is 0.567. The number of hydrogen-bond acceptors (Lipinski definition) is 3. The average Bonchev–Trinajstić information content (AvgIpc) is 2.41. The van der Waals surface area contributed by atoms with Crippen molar-refractivity contribution in [3.63, 3.8) is 0 Å². The second kappa shape index (κ2) is 5.85. The van der Waals surface area contributed by atoms with Gasteiger partial charge in [-0.3, -0.25) is 0 Å². The molecule has 0 aliphatic rings. The van der Waals surface area contributed by atoms with E-state index < -0.39 is 0 Å². The lowest BCUT2D eigenvalue weighted by molar-refractivity contribution is 0.388. The first-order chi connectivity index (χ1) is 8.72. The molecule has 0 spiro atoms. The van der Waals surface area contributed by atoms with Crippen LogP contribution in [0.25, 0.3) is 0 Å². The smallest absolute Gasteiger partial charge is 0.217 e. The molecule has 1 heterocycles. The maximum atomic E-state index is 6.19. The van der Waals surface area contributed by atoms with E-state index in [1.54, 1.807) is 13.3 Å². The molecule has 1 atom stereocenters. The standard InChI is InChI=1S/C14H15ClN2O/c1-18-14-11(6-4-8-17-14)13(16)9-10-5-2-3-7-12(10)15/h2-8,13H,9,16H2,1H3. The second-order valence-electron chi connectivity index (χ2n) is 4.00. The van der Waals surface area contributed by atoms with Gasteiger partial charge in [-0.25, -0.2) is 4.98 Å². The van der Waals surface area contributed by atoms with E-state index in [2.05, 4.69) is 4.98 Å². The van der Waals surface area contributed by atoms with Crippen LogP contribution in [0.3, 0.4) is 0 Å². The lowest BCUT2D eigenvalue weighted by Gasteiger charge is -2.15. The van der Waals surface area contributed by atoms with Crippen LogP contribution in [-0.2, 0) is 6.42 Å². The lowest BCUT2D eigenvalue weighted by Crippen LogP contribution is -2.15. The minimum atomic E-state index is -0.187. The minimum absolute atomic E-state index is 0.187. The van der Waals surface area contributed by atoms with Gasteiger partial charge in [0.2, 0.25) is 5.88 Å². The number of nitrogens with two attached hydrogens (primary N) is 1. The fourth-order valence-corrected chi connectivity index (χ4v) is 2.08. The molecule has 1 aromatic carbocycles. The highest BCUT2D eigenvalue weighted by molar-refractivity contribution is 6.31. The molecule has 0 amide bonds. The summed E-state index contributed by atoms with van der Waals surface area (Å²) >= 11 is 6.13. The highest BCUT2D eigenvalue weighted by Gasteiger charge is 2.14. The number of nitrogens with zero attached hydrogens (tertiary/aromatic N) is 1. The van der Waals surface area contributed by atoms with Gasteiger partial charge in [-0.2, -0.15) is 0 Å². The van der Waals surface area contributed by atoms with Crippen molar-refractivity contribution < 1.29 is 4.74 Å². The zero-order valence-electron chi connectivity index (χ0n) is 10.1. The van der Waals surface area contributed by atoms with Crippen LogP contribution in [0.4, 0.5) is 0 Å². The van der Waals surface area contributed by atoms with Crippen LogP contribution >= 0.6 is 11.6 Å². The Hall–Kier alpha value is -1.58. The van der Waals surface area contributed by atoms with Gasteiger partial charge >= 0.3 is 0 Å². The Bertz CT molecular complexity index is 531. The summed E-state index contributed by atoms with van der Waals surface area (Å²) in [4.78, 5) is 4.15. The van der Waals surface area contributed by atoms with Crippen molar-refractivity contribution >= 4 is 11.6 Å². The van der Waals surface area contributed by atoms with Gasteiger partial charge in [0.1, 0.15) is 0 Å². The molecule has 1 unspecified atom stereocenters. The summed E-state index contributed by atoms with van der Waals surface area (Å²) in [6.07, 6.45) is 2.34. The van der Waals surface area contributed by atoms with Crippen molar-refractivity contribution in [3.8, 4) is 5.88 Å². The van der Waals surface area contributed by atoms with Crippen molar-refractivity contribution in [3.05, 3.63) is 58.7 Å². The van der Waals surface area contributed by atoms with Crippen LogP contribution in [0.2, 0.25) is 5.02 Å². The Morgan fingerprint density at radius 2 is 2.06 bits per heavy atom. The maximum absolute atomic E-state index is 6.19. The third-order valence-corrected chi connectivity index (χ3v) is 3.16. The van der Waals surface area contributed by atoms with Gasteiger partial charge in [0.15, 0.2) is 0 Å². The van der Waals surface area contributed by atoms with E-state index in [-0.39, 0.29) is 6.04 Å². The molecule has 2 rings (SSSR count). The number of aromatic nitrogens is 1. The molecule has 0 saturated heterocycles. The number of halogens is 1. The van der Waals surface area contributed by atoms with E-state index in [0.717, 1.165) is 16.1 Å². The molecule has 4 heteroatoms. The van der Waals surface area contributed by atoms with E-state index in [0.29, 0.717) is 12.3 Å². The zero-order valence-corrected chi connectivity index (χ0v) is 10.9. The summed E-state index contributed by atoms with van der Waals surface area (Å²) in [5.41, 5.74) is 8.11. The first-order valence-corrected chi connectivity index (χ1v) is 6.08. The van der Waals surface area contributed by atoms with Crippen LogP contribution in [0.1, 0.15) is 17.2 Å². The lowest BCUT2D eigenvalue weighted by atomic mass is 10.0. The highest BCUT2D eigenvalue weighted by atomic mass is 35.5. The molecule has 0 fully saturated rings. The van der Waals surface area contributed by atoms with E-state index in [9.17, 15) is 0 Å². The maximum Gasteiger partial charge on any atom is 0.217 e. The van der Waals surface area contributed by atoms with E-state index >= 15 is 0 Å². The first-order valence-electron chi connectivity index (χ1n) is 5.70. The van der Waals surface area contributed by atoms with Crippen molar-refractivity contribution in [2.75, 3.05) is 7.11 Å². The minimum Gasteiger partial charge on any atom is -0.481 e. The molecule has 0 aliphatic heterocycles. The summed E-state index contributed by atoms with van der Waals surface area (Å²) in [6, 6.07) is 11.3. The molecule has 0 bridgehead atoms. The van der Waals surface area contributed by atoms with Gasteiger partial charge in [-0.05, 0) is 24.1 Å². The van der Waals surface area contributed by atoms with E-state index in [4.69, 9.17) is 22.1 Å². The zero-order chi connectivity index (χ0) is 13.0. The molecule has 2 aromatic rings. The summed E-state index contributed by atoms with van der Waals surface area (Å²) in [5, 5.41) is 0.732. The fourth-order valence-electron chi connectivity index (χ4n) is 1.87. The number of rotatable bonds is 4. The molecular formula is C14H15ClN2O. The predicted octanol–water partition coefficient (Wildman–Crippen LogP) is 2.99. The van der Waals surface area contributed by atoms with Crippen LogP contribution in [0, 0.1) is 0 Å². The normalized spacial score (nSPS) is 12.2. The van der Waals surface area contributed by atoms with Crippen molar-refractivity contribution in [1.29, 1.82) is 0 Å². The monoisotopic (exact) mass is 262 g/mol. The fraction of sp³-hybridized carbons (Fsp3) is 0.214. The number of benzene rings is 1. The third kappa shape index (κ3) is 2.81. The molecule has 94 valence electrons. The Labute approximate surface area is 112 Å². The molecule has 3 nitrogen and oxygen atoms in total. The van der Waals surface area contributed by atoms with Crippen LogP contribution in [-0.4, -0.2) is 12.1 Å². The first kappa shape index (κ1) is 12.9. The van der Waals surface area contributed by atoms with Crippen molar-refractivity contribution in [1.82, 2.24) is 4.98 Å². The number of hydrogen-bond donors (Lipinski definition) is 1. The summed E-state index contributed by atoms with van der Waals surface area (Å²) < 4.78 is 5.21.